The molecule has 23 heavy (non-hydrogen) atoms. The van der Waals surface area contributed by atoms with Crippen LogP contribution in [0.25, 0.3) is 0 Å². The van der Waals surface area contributed by atoms with E-state index in [4.69, 9.17) is 0 Å². The molecule has 0 amide bonds. The Hall–Kier alpha value is -1.56. The number of rotatable bonds is 0. The number of hydrogen-bond acceptors (Lipinski definition) is 0. The minimum absolute atomic E-state index is 0. The van der Waals surface area contributed by atoms with Gasteiger partial charge < -0.3 is 0 Å². The zero-order valence-electron chi connectivity index (χ0n) is 14.3. The lowest BCUT2D eigenvalue weighted by Gasteiger charge is -2.08. The van der Waals surface area contributed by atoms with Gasteiger partial charge in [-0.1, -0.05) is 83.7 Å². The average Bonchev–Trinajstić information content (AvgIpc) is 2.98. The van der Waals surface area contributed by atoms with Crippen molar-refractivity contribution in [3.63, 3.8) is 0 Å². The molecule has 4 rings (SSSR count). The third-order valence-corrected chi connectivity index (χ3v) is 5.88. The predicted octanol–water partition coefficient (Wildman–Crippen LogP) is 6.60. The number of fused-ring (bicyclic) bond motifs is 2. The zero-order chi connectivity index (χ0) is 15.7. The summed E-state index contributed by atoms with van der Waals surface area (Å²) in [6, 6.07) is 17.6. The number of benzene rings is 2. The van der Waals surface area contributed by atoms with Crippen molar-refractivity contribution in [1.29, 1.82) is 0 Å². The SMILES string of the molecule is C.C[C@@H]1Cc2ccccc2[C@@H]1C.C[C@@H]1c2ccccc2C[C@@H]1C. The molecule has 0 fully saturated rings. The van der Waals surface area contributed by atoms with Gasteiger partial charge >= 0.3 is 0 Å². The summed E-state index contributed by atoms with van der Waals surface area (Å²) in [6.45, 7) is 9.34. The Kier molecular flexibility index (Phi) is 5.68. The second-order valence-corrected chi connectivity index (χ2v) is 7.34. The second kappa shape index (κ2) is 7.34. The first-order valence-electron chi connectivity index (χ1n) is 8.73. The molecule has 2 aromatic rings. The largest absolute Gasteiger partial charge is 0.0776 e. The van der Waals surface area contributed by atoms with E-state index < -0.39 is 0 Å². The molecule has 0 radical (unpaired) electrons. The maximum Gasteiger partial charge on any atom is -0.0159 e. The fraction of sp³-hybridized carbons (Fsp3) is 0.478. The van der Waals surface area contributed by atoms with E-state index in [-0.39, 0.29) is 7.43 Å². The smallest absolute Gasteiger partial charge is 0.0159 e. The molecule has 0 aromatic heterocycles. The molecule has 2 aromatic carbocycles. The van der Waals surface area contributed by atoms with E-state index in [1.54, 1.807) is 22.3 Å². The first kappa shape index (κ1) is 17.8. The van der Waals surface area contributed by atoms with Gasteiger partial charge in [-0.05, 0) is 58.8 Å². The average molecular weight is 309 g/mol. The molecule has 0 nitrogen and oxygen atoms in total. The van der Waals surface area contributed by atoms with Crippen LogP contribution in [0.4, 0.5) is 0 Å². The van der Waals surface area contributed by atoms with Crippen molar-refractivity contribution in [1.82, 2.24) is 0 Å². The highest BCUT2D eigenvalue weighted by Crippen LogP contribution is 2.37. The lowest BCUT2D eigenvalue weighted by Crippen LogP contribution is -1.97. The van der Waals surface area contributed by atoms with Crippen LogP contribution in [0.5, 0.6) is 0 Å². The van der Waals surface area contributed by atoms with E-state index in [2.05, 4.69) is 76.2 Å². The summed E-state index contributed by atoms with van der Waals surface area (Å²) in [5.74, 6) is 3.22. The molecular formula is C23H32. The summed E-state index contributed by atoms with van der Waals surface area (Å²) in [7, 11) is 0. The summed E-state index contributed by atoms with van der Waals surface area (Å²) in [5.41, 5.74) is 6.26. The predicted molar refractivity (Wildman–Crippen MR) is 102 cm³/mol. The van der Waals surface area contributed by atoms with Gasteiger partial charge in [0.1, 0.15) is 0 Å². The normalized spacial score (nSPS) is 27.3. The van der Waals surface area contributed by atoms with E-state index in [0.29, 0.717) is 0 Å². The Morgan fingerprint density at radius 3 is 1.30 bits per heavy atom. The van der Waals surface area contributed by atoms with Gasteiger partial charge in [-0.25, -0.2) is 0 Å². The van der Waals surface area contributed by atoms with Crippen molar-refractivity contribution in [3.8, 4) is 0 Å². The molecule has 0 unspecified atom stereocenters. The highest BCUT2D eigenvalue weighted by Gasteiger charge is 2.25. The summed E-state index contributed by atoms with van der Waals surface area (Å²) in [4.78, 5) is 0. The molecule has 0 heteroatoms. The van der Waals surface area contributed by atoms with Crippen molar-refractivity contribution in [2.75, 3.05) is 0 Å². The van der Waals surface area contributed by atoms with Crippen molar-refractivity contribution in [2.45, 2.75) is 59.8 Å². The van der Waals surface area contributed by atoms with Gasteiger partial charge in [-0.2, -0.15) is 0 Å². The fourth-order valence-electron chi connectivity index (χ4n) is 3.99. The van der Waals surface area contributed by atoms with Gasteiger partial charge in [0.2, 0.25) is 0 Å². The Bertz CT molecular complexity index is 582. The first-order chi connectivity index (χ1) is 10.6. The van der Waals surface area contributed by atoms with Gasteiger partial charge in [0, 0.05) is 0 Å². The fourth-order valence-corrected chi connectivity index (χ4v) is 3.99. The lowest BCUT2D eigenvalue weighted by atomic mass is 9.97. The molecule has 0 bridgehead atoms. The summed E-state index contributed by atoms with van der Waals surface area (Å²) in [6.07, 6.45) is 2.55. The molecule has 0 saturated carbocycles. The highest BCUT2D eigenvalue weighted by atomic mass is 14.3. The van der Waals surface area contributed by atoms with Gasteiger partial charge in [-0.15, -0.1) is 0 Å². The van der Waals surface area contributed by atoms with E-state index in [1.165, 1.54) is 12.8 Å². The standard InChI is InChI=1S/2C11H14.CH4/c2*1-8-7-10-5-3-4-6-11(10)9(8)2;/h2*3-6,8-9H,7H2,1-2H3;1H4/t2*8-,9-;/m10./s1. The molecule has 0 heterocycles. The van der Waals surface area contributed by atoms with Crippen LogP contribution in [0.2, 0.25) is 0 Å². The zero-order valence-corrected chi connectivity index (χ0v) is 14.3. The van der Waals surface area contributed by atoms with Gasteiger partial charge in [0.05, 0.1) is 0 Å². The first-order valence-corrected chi connectivity index (χ1v) is 8.73. The van der Waals surface area contributed by atoms with Crippen molar-refractivity contribution in [3.05, 3.63) is 70.8 Å². The van der Waals surface area contributed by atoms with Crippen LogP contribution in [-0.4, -0.2) is 0 Å². The number of hydrogen-bond donors (Lipinski definition) is 0. The summed E-state index contributed by atoms with van der Waals surface area (Å²) in [5, 5.41) is 0. The Balaban J connectivity index is 0.000000160. The molecule has 0 spiro atoms. The van der Waals surface area contributed by atoms with E-state index in [0.717, 1.165) is 23.7 Å². The van der Waals surface area contributed by atoms with Crippen LogP contribution < -0.4 is 0 Å². The quantitative estimate of drug-likeness (QED) is 0.514. The van der Waals surface area contributed by atoms with E-state index in [1.807, 2.05) is 0 Å². The topological polar surface area (TPSA) is 0 Å². The van der Waals surface area contributed by atoms with Gasteiger partial charge in [-0.3, -0.25) is 0 Å². The minimum atomic E-state index is 0. The monoisotopic (exact) mass is 308 g/mol. The molecular weight excluding hydrogens is 276 g/mol. The molecule has 124 valence electrons. The van der Waals surface area contributed by atoms with Crippen LogP contribution in [0.1, 0.15) is 69.2 Å². The summed E-state index contributed by atoms with van der Waals surface area (Å²) >= 11 is 0. The third kappa shape index (κ3) is 3.52. The van der Waals surface area contributed by atoms with Crippen molar-refractivity contribution >= 4 is 0 Å². The Labute approximate surface area is 143 Å². The maximum absolute atomic E-state index is 2.34. The minimum Gasteiger partial charge on any atom is -0.0776 e. The highest BCUT2D eigenvalue weighted by molar-refractivity contribution is 5.36. The maximum atomic E-state index is 2.34. The van der Waals surface area contributed by atoms with Gasteiger partial charge in [0.15, 0.2) is 0 Å². The van der Waals surface area contributed by atoms with E-state index in [9.17, 15) is 0 Å². The lowest BCUT2D eigenvalue weighted by molar-refractivity contribution is 0.532. The van der Waals surface area contributed by atoms with Crippen LogP contribution >= 0.6 is 0 Å². The molecule has 0 aliphatic heterocycles. The summed E-state index contributed by atoms with van der Waals surface area (Å²) < 4.78 is 0. The van der Waals surface area contributed by atoms with Crippen LogP contribution in [0.3, 0.4) is 0 Å². The third-order valence-electron chi connectivity index (χ3n) is 5.88. The Morgan fingerprint density at radius 2 is 0.957 bits per heavy atom. The van der Waals surface area contributed by atoms with Gasteiger partial charge in [0.25, 0.3) is 0 Å². The van der Waals surface area contributed by atoms with Crippen molar-refractivity contribution < 1.29 is 0 Å². The van der Waals surface area contributed by atoms with Crippen molar-refractivity contribution in [2.24, 2.45) is 11.8 Å². The molecule has 0 saturated heterocycles. The molecule has 4 atom stereocenters. The van der Waals surface area contributed by atoms with Crippen LogP contribution in [-0.2, 0) is 12.8 Å². The Morgan fingerprint density at radius 1 is 0.609 bits per heavy atom. The van der Waals surface area contributed by atoms with Crippen LogP contribution in [0.15, 0.2) is 48.5 Å². The van der Waals surface area contributed by atoms with Crippen LogP contribution in [0, 0.1) is 11.8 Å². The molecule has 2 aliphatic carbocycles. The molecule has 0 N–H and O–H groups in total. The molecule has 2 aliphatic rings. The van der Waals surface area contributed by atoms with E-state index >= 15 is 0 Å². The second-order valence-electron chi connectivity index (χ2n) is 7.34.